The van der Waals surface area contributed by atoms with Crippen LogP contribution >= 0.6 is 11.6 Å². The van der Waals surface area contributed by atoms with Gasteiger partial charge in [0, 0.05) is 17.4 Å². The van der Waals surface area contributed by atoms with E-state index in [9.17, 15) is 4.79 Å². The minimum atomic E-state index is -0.0633. The second kappa shape index (κ2) is 10.0. The summed E-state index contributed by atoms with van der Waals surface area (Å²) < 4.78 is 0. The van der Waals surface area contributed by atoms with Crippen LogP contribution in [0.15, 0.2) is 35.4 Å². The van der Waals surface area contributed by atoms with Gasteiger partial charge < -0.3 is 0 Å². The van der Waals surface area contributed by atoms with Crippen molar-refractivity contribution in [3.8, 4) is 0 Å². The van der Waals surface area contributed by atoms with Crippen molar-refractivity contribution < 1.29 is 4.79 Å². The van der Waals surface area contributed by atoms with Gasteiger partial charge in [0.2, 0.25) is 5.91 Å². The molecular weight excluding hydrogens is 322 g/mol. The maximum atomic E-state index is 11.7. The van der Waals surface area contributed by atoms with Crippen LogP contribution in [-0.4, -0.2) is 17.1 Å². The fraction of sp³-hybridized carbons (Fsp3) is 0.421. The zero-order valence-electron chi connectivity index (χ0n) is 14.1. The highest BCUT2D eigenvalue weighted by molar-refractivity contribution is 6.32. The number of pyridine rings is 1. The Morgan fingerprint density at radius 2 is 1.96 bits per heavy atom. The Kier molecular flexibility index (Phi) is 7.69. The summed E-state index contributed by atoms with van der Waals surface area (Å²) in [5, 5.41) is 5.35. The van der Waals surface area contributed by atoms with Crippen LogP contribution in [-0.2, 0) is 4.79 Å². The summed E-state index contributed by atoms with van der Waals surface area (Å²) in [6.07, 6.45) is 9.01. The van der Waals surface area contributed by atoms with Gasteiger partial charge in [-0.1, -0.05) is 68.8 Å². The first-order valence-electron chi connectivity index (χ1n) is 8.58. The predicted octanol–water partition coefficient (Wildman–Crippen LogP) is 5.09. The number of nitrogens with one attached hydrogen (secondary N) is 1. The first kappa shape index (κ1) is 18.4. The fourth-order valence-corrected chi connectivity index (χ4v) is 2.69. The van der Waals surface area contributed by atoms with E-state index in [1.807, 2.05) is 30.3 Å². The largest absolute Gasteiger partial charge is 0.273 e. The molecule has 0 aliphatic carbocycles. The fourth-order valence-electron chi connectivity index (χ4n) is 2.49. The van der Waals surface area contributed by atoms with E-state index in [0.29, 0.717) is 17.1 Å². The standard InChI is InChI=1S/C19H24ClN3O/c1-2-3-4-5-6-7-12-18(24)23-21-14-16-13-15-10-8-9-11-17(15)22-19(16)20/h8-11,13-14H,2-7,12H2,1H3,(H,23,24)/b21-14+. The summed E-state index contributed by atoms with van der Waals surface area (Å²) in [5.74, 6) is -0.0633. The van der Waals surface area contributed by atoms with E-state index in [1.54, 1.807) is 6.21 Å². The topological polar surface area (TPSA) is 54.4 Å². The summed E-state index contributed by atoms with van der Waals surface area (Å²) >= 11 is 6.15. The molecule has 0 aliphatic heterocycles. The van der Waals surface area contributed by atoms with Crippen molar-refractivity contribution in [2.75, 3.05) is 0 Å². The van der Waals surface area contributed by atoms with Crippen molar-refractivity contribution in [3.63, 3.8) is 0 Å². The van der Waals surface area contributed by atoms with Gasteiger partial charge in [-0.2, -0.15) is 5.10 Å². The second-order valence-electron chi connectivity index (χ2n) is 5.87. The molecule has 1 heterocycles. The molecule has 0 saturated carbocycles. The van der Waals surface area contributed by atoms with E-state index in [0.717, 1.165) is 23.7 Å². The first-order valence-corrected chi connectivity index (χ1v) is 8.95. The maximum absolute atomic E-state index is 11.7. The highest BCUT2D eigenvalue weighted by atomic mass is 35.5. The van der Waals surface area contributed by atoms with E-state index in [-0.39, 0.29) is 5.91 Å². The molecule has 1 amide bonds. The molecule has 0 spiro atoms. The monoisotopic (exact) mass is 345 g/mol. The van der Waals surface area contributed by atoms with Crippen LogP contribution in [0.5, 0.6) is 0 Å². The molecule has 128 valence electrons. The molecule has 0 fully saturated rings. The minimum Gasteiger partial charge on any atom is -0.273 e. The average Bonchev–Trinajstić information content (AvgIpc) is 2.58. The molecule has 2 aromatic rings. The molecule has 1 aromatic carbocycles. The number of hydrazone groups is 1. The van der Waals surface area contributed by atoms with Crippen LogP contribution in [0.3, 0.4) is 0 Å². The highest BCUT2D eigenvalue weighted by Gasteiger charge is 2.03. The molecule has 0 bridgehead atoms. The van der Waals surface area contributed by atoms with Crippen molar-refractivity contribution in [1.82, 2.24) is 10.4 Å². The highest BCUT2D eigenvalue weighted by Crippen LogP contribution is 2.18. The summed E-state index contributed by atoms with van der Waals surface area (Å²) in [4.78, 5) is 16.1. The molecule has 0 atom stereocenters. The van der Waals surface area contributed by atoms with Crippen LogP contribution in [0.4, 0.5) is 0 Å². The summed E-state index contributed by atoms with van der Waals surface area (Å²) in [6.45, 7) is 2.20. The molecule has 4 nitrogen and oxygen atoms in total. The number of rotatable bonds is 9. The molecule has 1 aromatic heterocycles. The average molecular weight is 346 g/mol. The van der Waals surface area contributed by atoms with Crippen LogP contribution in [0.25, 0.3) is 10.9 Å². The van der Waals surface area contributed by atoms with E-state index in [2.05, 4.69) is 22.4 Å². The summed E-state index contributed by atoms with van der Waals surface area (Å²) in [6, 6.07) is 9.65. The first-order chi connectivity index (χ1) is 11.7. The number of amides is 1. The van der Waals surface area contributed by atoms with Crippen molar-refractivity contribution >= 4 is 34.6 Å². The molecule has 0 unspecified atom stereocenters. The number of carbonyl (C=O) groups is 1. The van der Waals surface area contributed by atoms with E-state index in [4.69, 9.17) is 11.6 Å². The van der Waals surface area contributed by atoms with Crippen LogP contribution in [0, 0.1) is 0 Å². The quantitative estimate of drug-likeness (QED) is 0.298. The number of halogens is 1. The Bertz CT molecular complexity index is 700. The van der Waals surface area contributed by atoms with Crippen LogP contribution in [0.2, 0.25) is 5.15 Å². The lowest BCUT2D eigenvalue weighted by Crippen LogP contribution is -2.16. The molecule has 0 saturated heterocycles. The SMILES string of the molecule is CCCCCCCCC(=O)N/N=C/c1cc2ccccc2nc1Cl. The second-order valence-corrected chi connectivity index (χ2v) is 6.23. The molecular formula is C19H24ClN3O. The van der Waals surface area contributed by atoms with Gasteiger partial charge in [0.05, 0.1) is 11.7 Å². The van der Waals surface area contributed by atoms with E-state index >= 15 is 0 Å². The molecule has 24 heavy (non-hydrogen) atoms. The predicted molar refractivity (Wildman–Crippen MR) is 100 cm³/mol. The zero-order valence-corrected chi connectivity index (χ0v) is 14.9. The number of hydrogen-bond donors (Lipinski definition) is 1. The Labute approximate surface area is 148 Å². The Morgan fingerprint density at radius 1 is 1.21 bits per heavy atom. The minimum absolute atomic E-state index is 0.0633. The number of unbranched alkanes of at least 4 members (excludes halogenated alkanes) is 5. The Morgan fingerprint density at radius 3 is 2.79 bits per heavy atom. The molecule has 5 heteroatoms. The Hall–Kier alpha value is -1.94. The lowest BCUT2D eigenvalue weighted by molar-refractivity contribution is -0.121. The summed E-state index contributed by atoms with van der Waals surface area (Å²) in [5.41, 5.74) is 4.08. The van der Waals surface area contributed by atoms with Gasteiger partial charge in [-0.15, -0.1) is 0 Å². The number of aromatic nitrogens is 1. The molecule has 0 radical (unpaired) electrons. The summed E-state index contributed by atoms with van der Waals surface area (Å²) in [7, 11) is 0. The van der Waals surface area contributed by atoms with Gasteiger partial charge in [0.1, 0.15) is 5.15 Å². The molecule has 0 aliphatic rings. The number of fused-ring (bicyclic) bond motifs is 1. The van der Waals surface area contributed by atoms with Crippen molar-refractivity contribution in [2.24, 2.45) is 5.10 Å². The maximum Gasteiger partial charge on any atom is 0.240 e. The third kappa shape index (κ3) is 5.93. The number of benzene rings is 1. The third-order valence-corrected chi connectivity index (χ3v) is 4.16. The van der Waals surface area contributed by atoms with Crippen molar-refractivity contribution in [3.05, 3.63) is 41.0 Å². The number of carbonyl (C=O) groups excluding carboxylic acids is 1. The van der Waals surface area contributed by atoms with Gasteiger partial charge in [-0.3, -0.25) is 4.79 Å². The van der Waals surface area contributed by atoms with Crippen molar-refractivity contribution in [1.29, 1.82) is 0 Å². The number of nitrogens with zero attached hydrogens (tertiary/aromatic N) is 2. The number of hydrogen-bond acceptors (Lipinski definition) is 3. The molecule has 1 N–H and O–H groups in total. The number of para-hydroxylation sites is 1. The van der Waals surface area contributed by atoms with Crippen molar-refractivity contribution in [2.45, 2.75) is 51.9 Å². The lowest BCUT2D eigenvalue weighted by atomic mass is 10.1. The van der Waals surface area contributed by atoms with Crippen LogP contribution in [0.1, 0.15) is 57.4 Å². The van der Waals surface area contributed by atoms with Crippen LogP contribution < -0.4 is 5.43 Å². The normalized spacial score (nSPS) is 11.2. The van der Waals surface area contributed by atoms with Gasteiger partial charge >= 0.3 is 0 Å². The van der Waals surface area contributed by atoms with Gasteiger partial charge in [-0.05, 0) is 18.6 Å². The smallest absolute Gasteiger partial charge is 0.240 e. The van der Waals surface area contributed by atoms with Gasteiger partial charge in [-0.25, -0.2) is 10.4 Å². The van der Waals surface area contributed by atoms with Gasteiger partial charge in [0.25, 0.3) is 0 Å². The molecule has 2 rings (SSSR count). The van der Waals surface area contributed by atoms with E-state index in [1.165, 1.54) is 25.7 Å². The third-order valence-electron chi connectivity index (χ3n) is 3.85. The lowest BCUT2D eigenvalue weighted by Gasteiger charge is -2.02. The van der Waals surface area contributed by atoms with Gasteiger partial charge in [0.15, 0.2) is 0 Å². The van der Waals surface area contributed by atoms with E-state index < -0.39 is 0 Å². The zero-order chi connectivity index (χ0) is 17.2. The Balaban J connectivity index is 1.79.